The van der Waals surface area contributed by atoms with Crippen molar-refractivity contribution in [3.63, 3.8) is 0 Å². The maximum Gasteiger partial charge on any atom is 0.408 e. The van der Waals surface area contributed by atoms with Gasteiger partial charge in [-0.3, -0.25) is 9.80 Å². The van der Waals surface area contributed by atoms with Crippen LogP contribution in [-0.2, 0) is 35.3 Å². The Morgan fingerprint density at radius 3 is 2.15 bits per heavy atom. The lowest BCUT2D eigenvalue weighted by Crippen LogP contribution is -2.69. The van der Waals surface area contributed by atoms with Gasteiger partial charge in [-0.15, -0.1) is 0 Å². The zero-order valence-corrected chi connectivity index (χ0v) is 27.6. The number of fused-ring (bicyclic) bond motifs is 1. The molecule has 1 N–H and O–H groups in total. The van der Waals surface area contributed by atoms with Gasteiger partial charge in [0.15, 0.2) is 15.9 Å². The largest absolute Gasteiger partial charge is 0.464 e. The maximum atomic E-state index is 15.0. The SMILES string of the molecule is CCOC(=O)C1C(S(=O)(=O)c2ccc(C)cc2)C(c2ccccc2)N2CCC(Cc3ccccc3)(NC(=O)OC(C)(C)C)C(=O)N12. The molecule has 0 aliphatic carbocycles. The summed E-state index contributed by atoms with van der Waals surface area (Å²) in [4.78, 5) is 42.3. The van der Waals surface area contributed by atoms with Gasteiger partial charge in [0.05, 0.1) is 17.5 Å². The molecule has 4 unspecified atom stereocenters. The quantitative estimate of drug-likeness (QED) is 0.347. The van der Waals surface area contributed by atoms with Gasteiger partial charge in [-0.05, 0) is 64.3 Å². The Bertz CT molecular complexity index is 1670. The summed E-state index contributed by atoms with van der Waals surface area (Å²) >= 11 is 0. The number of ether oxygens (including phenoxy) is 2. The van der Waals surface area contributed by atoms with Crippen LogP contribution >= 0.6 is 0 Å². The van der Waals surface area contributed by atoms with Crippen molar-refractivity contribution in [1.29, 1.82) is 0 Å². The minimum absolute atomic E-state index is 0.0179. The first-order valence-corrected chi connectivity index (χ1v) is 17.0. The van der Waals surface area contributed by atoms with Gasteiger partial charge in [0, 0.05) is 13.0 Å². The van der Waals surface area contributed by atoms with E-state index in [1.54, 1.807) is 69.1 Å². The van der Waals surface area contributed by atoms with E-state index in [-0.39, 0.29) is 30.9 Å². The van der Waals surface area contributed by atoms with Crippen molar-refractivity contribution in [2.45, 2.75) is 80.8 Å². The lowest BCUT2D eigenvalue weighted by atomic mass is 9.84. The molecular formula is C35H41N3O7S. The predicted octanol–water partition coefficient (Wildman–Crippen LogP) is 4.78. The molecule has 2 fully saturated rings. The fourth-order valence-corrected chi connectivity index (χ4v) is 8.39. The summed E-state index contributed by atoms with van der Waals surface area (Å²) in [5.41, 5.74) is -0.107. The molecule has 2 aliphatic rings. The Hall–Kier alpha value is -4.22. The average molecular weight is 648 g/mol. The monoisotopic (exact) mass is 647 g/mol. The summed E-state index contributed by atoms with van der Waals surface area (Å²) in [7, 11) is -4.24. The van der Waals surface area contributed by atoms with Crippen LogP contribution in [0.4, 0.5) is 4.79 Å². The van der Waals surface area contributed by atoms with Gasteiger partial charge in [-0.25, -0.2) is 23.0 Å². The highest BCUT2D eigenvalue weighted by atomic mass is 32.2. The van der Waals surface area contributed by atoms with E-state index >= 15 is 0 Å². The second-order valence-corrected chi connectivity index (χ2v) is 14.9. The van der Waals surface area contributed by atoms with Gasteiger partial charge in [-0.2, -0.15) is 0 Å². The van der Waals surface area contributed by atoms with Crippen molar-refractivity contribution in [2.24, 2.45) is 0 Å². The van der Waals surface area contributed by atoms with Crippen molar-refractivity contribution in [2.75, 3.05) is 13.2 Å². The minimum atomic E-state index is -4.24. The van der Waals surface area contributed by atoms with Crippen molar-refractivity contribution >= 4 is 27.8 Å². The number of hydrogen-bond acceptors (Lipinski definition) is 8. The predicted molar refractivity (Wildman–Crippen MR) is 172 cm³/mol. The highest BCUT2D eigenvalue weighted by Crippen LogP contribution is 2.47. The number of carbonyl (C=O) groups is 3. The van der Waals surface area contributed by atoms with Crippen LogP contribution in [0.1, 0.15) is 56.8 Å². The Labute approximate surface area is 270 Å². The number of sulfone groups is 1. The normalized spacial score (nSPS) is 23.5. The van der Waals surface area contributed by atoms with Crippen molar-refractivity contribution in [1.82, 2.24) is 15.3 Å². The Kier molecular flexibility index (Phi) is 9.28. The molecule has 0 bridgehead atoms. The minimum Gasteiger partial charge on any atom is -0.464 e. The fraction of sp³-hybridized carbons (Fsp3) is 0.400. The molecule has 3 aromatic rings. The number of hydrazine groups is 1. The molecule has 4 atom stereocenters. The highest BCUT2D eigenvalue weighted by molar-refractivity contribution is 7.92. The van der Waals surface area contributed by atoms with E-state index in [1.165, 1.54) is 17.1 Å². The highest BCUT2D eigenvalue weighted by Gasteiger charge is 2.64. The molecule has 46 heavy (non-hydrogen) atoms. The van der Waals surface area contributed by atoms with Crippen LogP contribution < -0.4 is 5.32 Å². The summed E-state index contributed by atoms with van der Waals surface area (Å²) in [5.74, 6) is -1.46. The Morgan fingerprint density at radius 1 is 0.957 bits per heavy atom. The first kappa shape index (κ1) is 33.2. The number of hydrogen-bond donors (Lipinski definition) is 1. The molecule has 2 aliphatic heterocycles. The first-order chi connectivity index (χ1) is 21.8. The Balaban J connectivity index is 1.68. The van der Waals surface area contributed by atoms with E-state index in [4.69, 9.17) is 9.47 Å². The summed E-state index contributed by atoms with van der Waals surface area (Å²) in [6.07, 6.45) is -0.565. The average Bonchev–Trinajstić information content (AvgIpc) is 3.36. The van der Waals surface area contributed by atoms with Crippen LogP contribution in [0.5, 0.6) is 0 Å². The molecule has 2 saturated heterocycles. The van der Waals surface area contributed by atoms with Crippen molar-refractivity contribution < 1.29 is 32.3 Å². The molecule has 0 radical (unpaired) electrons. The van der Waals surface area contributed by atoms with Gasteiger partial charge in [-0.1, -0.05) is 78.4 Å². The third kappa shape index (κ3) is 6.52. The molecular weight excluding hydrogens is 606 g/mol. The summed E-state index contributed by atoms with van der Waals surface area (Å²) in [6.45, 7) is 8.80. The van der Waals surface area contributed by atoms with Gasteiger partial charge >= 0.3 is 12.1 Å². The topological polar surface area (TPSA) is 122 Å². The van der Waals surface area contributed by atoms with Crippen LogP contribution in [0.2, 0.25) is 0 Å². The molecule has 244 valence electrons. The van der Waals surface area contributed by atoms with Crippen molar-refractivity contribution in [3.05, 3.63) is 102 Å². The number of amides is 2. The smallest absolute Gasteiger partial charge is 0.408 e. The van der Waals surface area contributed by atoms with Gasteiger partial charge in [0.1, 0.15) is 16.4 Å². The zero-order valence-electron chi connectivity index (χ0n) is 26.8. The maximum absolute atomic E-state index is 15.0. The van der Waals surface area contributed by atoms with E-state index in [1.807, 2.05) is 43.3 Å². The van der Waals surface area contributed by atoms with Crippen LogP contribution in [0.25, 0.3) is 0 Å². The first-order valence-electron chi connectivity index (χ1n) is 15.4. The molecule has 2 amide bonds. The lowest BCUT2D eigenvalue weighted by Gasteiger charge is -2.47. The van der Waals surface area contributed by atoms with E-state index in [0.717, 1.165) is 11.1 Å². The third-order valence-corrected chi connectivity index (χ3v) is 10.5. The molecule has 10 nitrogen and oxygen atoms in total. The molecule has 0 aromatic heterocycles. The number of alkyl carbamates (subject to hydrolysis) is 1. The Morgan fingerprint density at radius 2 is 1.57 bits per heavy atom. The van der Waals surface area contributed by atoms with Gasteiger partial charge < -0.3 is 14.8 Å². The van der Waals surface area contributed by atoms with E-state index < -0.39 is 56.3 Å². The number of nitrogens with one attached hydrogen (secondary N) is 1. The van der Waals surface area contributed by atoms with Gasteiger partial charge in [0.25, 0.3) is 5.91 Å². The summed E-state index contributed by atoms with van der Waals surface area (Å²) in [5, 5.41) is 4.34. The fourth-order valence-electron chi connectivity index (χ4n) is 6.36. The van der Waals surface area contributed by atoms with Crippen LogP contribution in [-0.4, -0.2) is 72.0 Å². The number of aryl methyl sites for hydroxylation is 1. The number of benzene rings is 3. The number of rotatable bonds is 8. The molecule has 0 saturated carbocycles. The third-order valence-electron chi connectivity index (χ3n) is 8.33. The van der Waals surface area contributed by atoms with E-state index in [2.05, 4.69) is 5.32 Å². The van der Waals surface area contributed by atoms with E-state index in [0.29, 0.717) is 5.56 Å². The molecule has 11 heteroatoms. The van der Waals surface area contributed by atoms with Gasteiger partial charge in [0.2, 0.25) is 0 Å². The van der Waals surface area contributed by atoms with Crippen LogP contribution in [0.15, 0.2) is 89.8 Å². The molecule has 5 rings (SSSR count). The molecule has 0 spiro atoms. The molecule has 3 aromatic carbocycles. The van der Waals surface area contributed by atoms with E-state index in [9.17, 15) is 22.8 Å². The lowest BCUT2D eigenvalue weighted by molar-refractivity contribution is -0.176. The zero-order chi connectivity index (χ0) is 33.3. The molecule has 2 heterocycles. The van der Waals surface area contributed by atoms with Crippen LogP contribution in [0, 0.1) is 6.92 Å². The number of esters is 1. The van der Waals surface area contributed by atoms with Crippen molar-refractivity contribution in [3.8, 4) is 0 Å². The second-order valence-electron chi connectivity index (χ2n) is 12.8. The standard InChI is InChI=1S/C35H41N3O7S/c1-6-44-31(39)29-30(46(42,43)27-19-17-24(2)18-20-27)28(26-15-11-8-12-16-26)37-22-21-35(32(40)38(29)37,23-25-13-9-7-10-14-25)36-33(41)45-34(3,4)5/h7-20,28-30H,6,21-23H2,1-5H3,(H,36,41). The number of nitrogens with zero attached hydrogens (tertiary/aromatic N) is 2. The number of carbonyl (C=O) groups excluding carboxylic acids is 3. The summed E-state index contributed by atoms with van der Waals surface area (Å²) in [6, 6.07) is 22.2. The summed E-state index contributed by atoms with van der Waals surface area (Å²) < 4.78 is 40.3. The second kappa shape index (κ2) is 12.9. The van der Waals surface area contributed by atoms with Crippen LogP contribution in [0.3, 0.4) is 0 Å².